The van der Waals surface area contributed by atoms with Crippen molar-refractivity contribution >= 4 is 11.9 Å². The molecule has 0 aliphatic carbocycles. The van der Waals surface area contributed by atoms with Crippen LogP contribution in [0.4, 0.5) is 4.79 Å². The molecule has 0 radical (unpaired) electrons. The van der Waals surface area contributed by atoms with Crippen molar-refractivity contribution in [2.24, 2.45) is 5.73 Å². The smallest absolute Gasteiger partial charge is 0.330 e. The Bertz CT molecular complexity index is 97.1. The minimum absolute atomic E-state index is 0.358. The van der Waals surface area contributed by atoms with Crippen LogP contribution in [0.5, 0.6) is 0 Å². The molecule has 46 valence electrons. The average molecular weight is 117 g/mol. The number of hydrazine groups is 1. The first kappa shape index (κ1) is 6.74. The van der Waals surface area contributed by atoms with Gasteiger partial charge in [0.1, 0.15) is 0 Å². The number of nitrogens with one attached hydrogen (secondary N) is 2. The molecule has 0 saturated carbocycles. The highest BCUT2D eigenvalue weighted by Crippen LogP contribution is 1.51. The number of rotatable bonds is 0. The molecule has 0 unspecified atom stereocenters. The number of carbonyl (C=O) groups is 2. The molecule has 0 aromatic rings. The van der Waals surface area contributed by atoms with E-state index in [4.69, 9.17) is 0 Å². The summed E-state index contributed by atoms with van der Waals surface area (Å²) >= 11 is 0. The molecular formula is C3H7N3O2. The zero-order valence-corrected chi connectivity index (χ0v) is 4.39. The van der Waals surface area contributed by atoms with Gasteiger partial charge < -0.3 is 5.73 Å². The Labute approximate surface area is 46.2 Å². The summed E-state index contributed by atoms with van der Waals surface area (Å²) < 4.78 is 0. The molecule has 0 atom stereocenters. The average Bonchev–Trinajstić information content (AvgIpc) is 1.61. The predicted octanol–water partition coefficient (Wildman–Crippen LogP) is -1.29. The van der Waals surface area contributed by atoms with Crippen LogP contribution in [0.25, 0.3) is 0 Å². The highest BCUT2D eigenvalue weighted by Gasteiger charge is 1.89. The Morgan fingerprint density at radius 2 is 1.88 bits per heavy atom. The Kier molecular flexibility index (Phi) is 2.39. The number of nitrogens with two attached hydrogens (primary N) is 1. The molecular weight excluding hydrogens is 110 g/mol. The fourth-order valence-electron chi connectivity index (χ4n) is 0.150. The standard InChI is InChI=1S/C3H7N3O2/c1-2(7)5-6-3(4)8/h1H3,(H,5,7)(H3,4,6,8). The Hall–Kier alpha value is -1.26. The maximum Gasteiger partial charge on any atom is 0.330 e. The molecule has 8 heavy (non-hydrogen) atoms. The second-order valence-corrected chi connectivity index (χ2v) is 1.17. The summed E-state index contributed by atoms with van der Waals surface area (Å²) in [7, 11) is 0. The van der Waals surface area contributed by atoms with Gasteiger partial charge >= 0.3 is 6.03 Å². The Morgan fingerprint density at radius 1 is 1.38 bits per heavy atom. The lowest BCUT2D eigenvalue weighted by Gasteiger charge is -1.97. The van der Waals surface area contributed by atoms with Crippen LogP contribution in [-0.4, -0.2) is 11.9 Å². The van der Waals surface area contributed by atoms with Crippen molar-refractivity contribution in [3.63, 3.8) is 0 Å². The third-order valence-electron chi connectivity index (χ3n) is 0.362. The summed E-state index contributed by atoms with van der Waals surface area (Å²) in [6, 6.07) is -0.778. The van der Waals surface area contributed by atoms with Crippen molar-refractivity contribution < 1.29 is 9.59 Å². The van der Waals surface area contributed by atoms with Crippen LogP contribution in [0.2, 0.25) is 0 Å². The Morgan fingerprint density at radius 3 is 2.00 bits per heavy atom. The zero-order valence-electron chi connectivity index (χ0n) is 4.39. The van der Waals surface area contributed by atoms with E-state index in [1.165, 1.54) is 6.92 Å². The van der Waals surface area contributed by atoms with E-state index >= 15 is 0 Å². The monoisotopic (exact) mass is 117 g/mol. The summed E-state index contributed by atoms with van der Waals surface area (Å²) in [5, 5.41) is 0. The number of amides is 3. The van der Waals surface area contributed by atoms with Gasteiger partial charge in [0.05, 0.1) is 0 Å². The molecule has 0 rings (SSSR count). The third kappa shape index (κ3) is 4.74. The summed E-state index contributed by atoms with van der Waals surface area (Å²) in [5.41, 5.74) is 8.44. The number of hydrogen-bond acceptors (Lipinski definition) is 2. The lowest BCUT2D eigenvalue weighted by atomic mass is 10.8. The Balaban J connectivity index is 3.18. The van der Waals surface area contributed by atoms with Crippen molar-refractivity contribution in [2.45, 2.75) is 6.92 Å². The number of primary amides is 1. The van der Waals surface area contributed by atoms with Gasteiger partial charge in [0.2, 0.25) is 5.91 Å². The van der Waals surface area contributed by atoms with Crippen LogP contribution in [0.15, 0.2) is 0 Å². The van der Waals surface area contributed by atoms with Crippen LogP contribution in [0, 0.1) is 0 Å². The van der Waals surface area contributed by atoms with Gasteiger partial charge in [0.25, 0.3) is 0 Å². The first-order chi connectivity index (χ1) is 3.63. The van der Waals surface area contributed by atoms with Gasteiger partial charge in [-0.2, -0.15) is 0 Å². The molecule has 3 amide bonds. The van der Waals surface area contributed by atoms with Gasteiger partial charge in [-0.05, 0) is 0 Å². The fraction of sp³-hybridized carbons (Fsp3) is 0.333. The summed E-state index contributed by atoms with van der Waals surface area (Å²) in [5.74, 6) is -0.358. The van der Waals surface area contributed by atoms with Crippen LogP contribution in [0.3, 0.4) is 0 Å². The summed E-state index contributed by atoms with van der Waals surface area (Å²) in [6.07, 6.45) is 0. The lowest BCUT2D eigenvalue weighted by Crippen LogP contribution is -2.43. The predicted molar refractivity (Wildman–Crippen MR) is 26.5 cm³/mol. The first-order valence-electron chi connectivity index (χ1n) is 1.95. The quantitative estimate of drug-likeness (QED) is 0.345. The van der Waals surface area contributed by atoms with E-state index in [2.05, 4.69) is 5.73 Å². The first-order valence-corrected chi connectivity index (χ1v) is 1.95. The number of urea groups is 1. The molecule has 5 nitrogen and oxygen atoms in total. The molecule has 0 aliphatic heterocycles. The largest absolute Gasteiger partial charge is 0.350 e. The van der Waals surface area contributed by atoms with E-state index in [0.717, 1.165) is 0 Å². The molecule has 0 aliphatic rings. The van der Waals surface area contributed by atoms with E-state index in [1.54, 1.807) is 0 Å². The van der Waals surface area contributed by atoms with Gasteiger partial charge in [0.15, 0.2) is 0 Å². The van der Waals surface area contributed by atoms with Crippen molar-refractivity contribution in [3.8, 4) is 0 Å². The van der Waals surface area contributed by atoms with Crippen molar-refractivity contribution in [2.75, 3.05) is 0 Å². The maximum atomic E-state index is 9.97. The van der Waals surface area contributed by atoms with Gasteiger partial charge in [-0.15, -0.1) is 0 Å². The van der Waals surface area contributed by atoms with Crippen LogP contribution in [0.1, 0.15) is 6.92 Å². The molecule has 0 fully saturated rings. The van der Waals surface area contributed by atoms with Crippen molar-refractivity contribution in [3.05, 3.63) is 0 Å². The minimum atomic E-state index is -0.778. The third-order valence-corrected chi connectivity index (χ3v) is 0.362. The van der Waals surface area contributed by atoms with Gasteiger partial charge in [-0.3, -0.25) is 10.2 Å². The summed E-state index contributed by atoms with van der Waals surface area (Å²) in [4.78, 5) is 19.8. The molecule has 0 spiro atoms. The molecule has 0 aromatic carbocycles. The number of carbonyl (C=O) groups excluding carboxylic acids is 2. The molecule has 0 heterocycles. The van der Waals surface area contributed by atoms with Gasteiger partial charge in [-0.1, -0.05) is 0 Å². The van der Waals surface area contributed by atoms with Gasteiger partial charge in [-0.25, -0.2) is 10.2 Å². The van der Waals surface area contributed by atoms with Crippen molar-refractivity contribution in [1.82, 2.24) is 10.9 Å². The molecule has 0 bridgehead atoms. The molecule has 0 saturated heterocycles. The second kappa shape index (κ2) is 2.84. The van der Waals surface area contributed by atoms with E-state index in [9.17, 15) is 9.59 Å². The van der Waals surface area contributed by atoms with E-state index in [1.807, 2.05) is 10.9 Å². The number of hydrogen-bond donors (Lipinski definition) is 3. The SMILES string of the molecule is CC(=O)NNC(N)=O. The van der Waals surface area contributed by atoms with E-state index in [-0.39, 0.29) is 5.91 Å². The second-order valence-electron chi connectivity index (χ2n) is 1.17. The summed E-state index contributed by atoms with van der Waals surface area (Å²) in [6.45, 7) is 1.26. The van der Waals surface area contributed by atoms with E-state index in [0.29, 0.717) is 0 Å². The molecule has 5 heteroatoms. The van der Waals surface area contributed by atoms with E-state index < -0.39 is 6.03 Å². The van der Waals surface area contributed by atoms with Crippen LogP contribution < -0.4 is 16.6 Å². The zero-order chi connectivity index (χ0) is 6.57. The van der Waals surface area contributed by atoms with Crippen LogP contribution in [-0.2, 0) is 4.79 Å². The van der Waals surface area contributed by atoms with Crippen LogP contribution >= 0.6 is 0 Å². The van der Waals surface area contributed by atoms with Crippen molar-refractivity contribution in [1.29, 1.82) is 0 Å². The normalized spacial score (nSPS) is 7.62. The molecule has 4 N–H and O–H groups in total. The maximum absolute atomic E-state index is 9.97. The highest BCUT2D eigenvalue weighted by molar-refractivity contribution is 5.78. The topological polar surface area (TPSA) is 84.2 Å². The lowest BCUT2D eigenvalue weighted by molar-refractivity contribution is -0.119. The fourth-order valence-corrected chi connectivity index (χ4v) is 0.150. The highest BCUT2D eigenvalue weighted by atomic mass is 16.2. The molecule has 0 aromatic heterocycles. The van der Waals surface area contributed by atoms with Gasteiger partial charge in [0, 0.05) is 6.92 Å². The minimum Gasteiger partial charge on any atom is -0.350 e.